The maximum Gasteiger partial charge on any atom is 0.324 e. The normalized spacial score (nSPS) is 18.7. The lowest BCUT2D eigenvalue weighted by Crippen LogP contribution is -2.53. The molecule has 11 nitrogen and oxygen atoms in total. The first-order chi connectivity index (χ1) is 20.9. The standard InChI is InChI=1S/C34H58N4O7/c1-13-23(8)31(37(10)11)34(43)45-28(18-22(6)7)33(42)36-25(16-20(2)3)32(41)35-24(9)14-15-29(39)38-26(17-21(4)5)27(44-12)19-30(38)40/h14-15,19-26,28,31H,13,16-18H2,1-12H3,(H,35,41)(H,36,42). The lowest BCUT2D eigenvalue weighted by atomic mass is 9.98. The van der Waals surface area contributed by atoms with E-state index in [9.17, 15) is 24.0 Å². The van der Waals surface area contributed by atoms with Crippen LogP contribution in [0.5, 0.6) is 0 Å². The number of rotatable bonds is 18. The van der Waals surface area contributed by atoms with E-state index in [0.29, 0.717) is 25.0 Å². The quantitative estimate of drug-likeness (QED) is 0.172. The summed E-state index contributed by atoms with van der Waals surface area (Å²) in [6, 6.07) is -2.46. The van der Waals surface area contributed by atoms with Crippen LogP contribution in [0.4, 0.5) is 0 Å². The van der Waals surface area contributed by atoms with Crippen LogP contribution < -0.4 is 10.6 Å². The Balaban J connectivity index is 3.04. The van der Waals surface area contributed by atoms with Crippen molar-refractivity contribution >= 4 is 29.6 Å². The number of ether oxygens (including phenoxy) is 2. The number of likely N-dealkylation sites (N-methyl/N-ethyl adjacent to an activating group) is 1. The molecule has 256 valence electrons. The fraction of sp³-hybridized carbons (Fsp3) is 0.735. The number of imide groups is 1. The van der Waals surface area contributed by atoms with E-state index < -0.39 is 59.9 Å². The van der Waals surface area contributed by atoms with Crippen molar-refractivity contribution in [2.45, 2.75) is 118 Å². The number of hydrogen-bond acceptors (Lipinski definition) is 8. The van der Waals surface area contributed by atoms with Crippen molar-refractivity contribution in [2.24, 2.45) is 23.7 Å². The van der Waals surface area contributed by atoms with Gasteiger partial charge in [-0.15, -0.1) is 0 Å². The van der Waals surface area contributed by atoms with Gasteiger partial charge in [0, 0.05) is 18.2 Å². The summed E-state index contributed by atoms with van der Waals surface area (Å²) in [5.74, 6) is -1.54. The van der Waals surface area contributed by atoms with Gasteiger partial charge in [-0.3, -0.25) is 33.8 Å². The van der Waals surface area contributed by atoms with Gasteiger partial charge in [0.1, 0.15) is 17.8 Å². The summed E-state index contributed by atoms with van der Waals surface area (Å²) in [6.07, 6.45) is 5.06. The van der Waals surface area contributed by atoms with Crippen molar-refractivity contribution in [3.63, 3.8) is 0 Å². The van der Waals surface area contributed by atoms with Crippen molar-refractivity contribution < 1.29 is 33.4 Å². The van der Waals surface area contributed by atoms with Gasteiger partial charge in [0.2, 0.25) is 5.91 Å². The van der Waals surface area contributed by atoms with Crippen LogP contribution in [0.2, 0.25) is 0 Å². The molecule has 6 unspecified atom stereocenters. The van der Waals surface area contributed by atoms with E-state index >= 15 is 0 Å². The second kappa shape index (κ2) is 18.7. The maximum absolute atomic E-state index is 13.5. The average molecular weight is 635 g/mol. The summed E-state index contributed by atoms with van der Waals surface area (Å²) < 4.78 is 11.1. The number of amides is 4. The predicted molar refractivity (Wildman–Crippen MR) is 175 cm³/mol. The fourth-order valence-corrected chi connectivity index (χ4v) is 5.36. The first-order valence-electron chi connectivity index (χ1n) is 16.2. The number of esters is 1. The average Bonchev–Trinajstić information content (AvgIpc) is 3.23. The zero-order chi connectivity index (χ0) is 34.6. The lowest BCUT2D eigenvalue weighted by molar-refractivity contribution is -0.163. The summed E-state index contributed by atoms with van der Waals surface area (Å²) in [4.78, 5) is 68.6. The van der Waals surface area contributed by atoms with Crippen LogP contribution in [-0.2, 0) is 33.4 Å². The number of carbonyl (C=O) groups excluding carboxylic acids is 5. The van der Waals surface area contributed by atoms with Crippen molar-refractivity contribution in [3.8, 4) is 0 Å². The van der Waals surface area contributed by atoms with E-state index in [1.807, 2.05) is 69.5 Å². The van der Waals surface area contributed by atoms with Crippen molar-refractivity contribution in [1.29, 1.82) is 0 Å². The van der Waals surface area contributed by atoms with Gasteiger partial charge >= 0.3 is 5.97 Å². The number of carbonyl (C=O) groups is 5. The molecule has 0 spiro atoms. The van der Waals surface area contributed by atoms with Crippen LogP contribution in [0.1, 0.15) is 88.0 Å². The van der Waals surface area contributed by atoms with Crippen LogP contribution in [0.3, 0.4) is 0 Å². The van der Waals surface area contributed by atoms with E-state index in [4.69, 9.17) is 9.47 Å². The molecule has 11 heteroatoms. The van der Waals surface area contributed by atoms with Crippen molar-refractivity contribution in [2.75, 3.05) is 21.2 Å². The molecule has 0 aromatic rings. The van der Waals surface area contributed by atoms with E-state index in [0.717, 1.165) is 6.42 Å². The monoisotopic (exact) mass is 634 g/mol. The highest BCUT2D eigenvalue weighted by atomic mass is 16.5. The minimum atomic E-state index is -1.05. The molecule has 6 atom stereocenters. The van der Waals surface area contributed by atoms with Gasteiger partial charge in [-0.05, 0) is 64.0 Å². The van der Waals surface area contributed by atoms with Crippen molar-refractivity contribution in [3.05, 3.63) is 24.0 Å². The van der Waals surface area contributed by atoms with Gasteiger partial charge in [-0.25, -0.2) is 0 Å². The highest BCUT2D eigenvalue weighted by Gasteiger charge is 2.38. The molecular weight excluding hydrogens is 576 g/mol. The molecule has 0 bridgehead atoms. The van der Waals surface area contributed by atoms with Gasteiger partial charge in [0.05, 0.1) is 13.2 Å². The van der Waals surface area contributed by atoms with Crippen LogP contribution >= 0.6 is 0 Å². The summed E-state index contributed by atoms with van der Waals surface area (Å²) in [6.45, 7) is 17.4. The molecule has 0 saturated heterocycles. The molecule has 1 aliphatic heterocycles. The largest absolute Gasteiger partial charge is 0.499 e. The Morgan fingerprint density at radius 1 is 0.933 bits per heavy atom. The molecule has 0 saturated carbocycles. The summed E-state index contributed by atoms with van der Waals surface area (Å²) in [7, 11) is 5.09. The van der Waals surface area contributed by atoms with E-state index in [1.54, 1.807) is 11.8 Å². The first kappa shape index (κ1) is 39.8. The highest BCUT2D eigenvalue weighted by Crippen LogP contribution is 2.26. The third kappa shape index (κ3) is 12.6. The van der Waals surface area contributed by atoms with Gasteiger partial charge in [-0.1, -0.05) is 67.9 Å². The molecule has 0 fully saturated rings. The van der Waals surface area contributed by atoms with Crippen LogP contribution in [0.25, 0.3) is 0 Å². The lowest BCUT2D eigenvalue weighted by Gasteiger charge is -2.30. The minimum Gasteiger partial charge on any atom is -0.499 e. The number of hydrogen-bond donors (Lipinski definition) is 2. The van der Waals surface area contributed by atoms with Crippen LogP contribution in [0.15, 0.2) is 24.0 Å². The zero-order valence-electron chi connectivity index (χ0n) is 29.5. The summed E-state index contributed by atoms with van der Waals surface area (Å²) in [5, 5.41) is 5.66. The summed E-state index contributed by atoms with van der Waals surface area (Å²) >= 11 is 0. The molecule has 4 amide bonds. The Bertz CT molecular complexity index is 1080. The molecule has 1 rings (SSSR count). The Morgan fingerprint density at radius 2 is 1.53 bits per heavy atom. The van der Waals surface area contributed by atoms with Gasteiger partial charge < -0.3 is 20.1 Å². The molecule has 1 aliphatic rings. The van der Waals surface area contributed by atoms with E-state index in [-0.39, 0.29) is 23.7 Å². The second-order valence-electron chi connectivity index (χ2n) is 13.6. The number of nitrogens with one attached hydrogen (secondary N) is 2. The molecule has 0 aliphatic carbocycles. The van der Waals surface area contributed by atoms with Crippen LogP contribution in [0, 0.1) is 23.7 Å². The first-order valence-corrected chi connectivity index (χ1v) is 16.2. The number of nitrogens with zero attached hydrogens (tertiary/aromatic N) is 2. The van der Waals surface area contributed by atoms with E-state index in [1.165, 1.54) is 30.2 Å². The Kier molecular flexibility index (Phi) is 16.5. The topological polar surface area (TPSA) is 134 Å². The molecule has 45 heavy (non-hydrogen) atoms. The van der Waals surface area contributed by atoms with Crippen molar-refractivity contribution in [1.82, 2.24) is 20.4 Å². The summed E-state index contributed by atoms with van der Waals surface area (Å²) in [5.41, 5.74) is 0. The molecule has 0 aromatic carbocycles. The van der Waals surface area contributed by atoms with Gasteiger partial charge in [0.25, 0.3) is 17.7 Å². The molecule has 2 N–H and O–H groups in total. The molecule has 0 aromatic heterocycles. The number of methoxy groups -OCH3 is 1. The van der Waals surface area contributed by atoms with Gasteiger partial charge in [-0.2, -0.15) is 0 Å². The Labute approximate surface area is 270 Å². The molecule has 1 heterocycles. The maximum atomic E-state index is 13.5. The fourth-order valence-electron chi connectivity index (χ4n) is 5.36. The molecular formula is C34H58N4O7. The highest BCUT2D eigenvalue weighted by molar-refractivity contribution is 6.07. The van der Waals surface area contributed by atoms with E-state index in [2.05, 4.69) is 10.6 Å². The van der Waals surface area contributed by atoms with Crippen LogP contribution in [-0.4, -0.2) is 90.9 Å². The second-order valence-corrected chi connectivity index (χ2v) is 13.6. The Morgan fingerprint density at radius 3 is 2.02 bits per heavy atom. The SMILES string of the molecule is CCC(C)C(C(=O)OC(CC(C)C)C(=O)NC(CC(C)C)C(=O)NC(C)C=CC(=O)N1C(=O)C=C(OC)C1CC(C)C)N(C)C. The zero-order valence-corrected chi connectivity index (χ0v) is 29.5. The third-order valence-corrected chi connectivity index (χ3v) is 7.77. The predicted octanol–water partition coefficient (Wildman–Crippen LogP) is 3.83. The minimum absolute atomic E-state index is 0.0270. The molecule has 0 radical (unpaired) electrons. The Hall–Kier alpha value is -3.21. The van der Waals surface area contributed by atoms with Gasteiger partial charge in [0.15, 0.2) is 6.10 Å². The third-order valence-electron chi connectivity index (χ3n) is 7.77. The smallest absolute Gasteiger partial charge is 0.324 e.